The Bertz CT molecular complexity index is 1180. The van der Waals surface area contributed by atoms with E-state index in [4.69, 9.17) is 4.74 Å². The number of carbonyl (C=O) groups is 1. The van der Waals surface area contributed by atoms with Gasteiger partial charge in [-0.1, -0.05) is 17.8 Å². The summed E-state index contributed by atoms with van der Waals surface area (Å²) in [5, 5.41) is 11.1. The molecule has 8 heteroatoms. The van der Waals surface area contributed by atoms with E-state index in [9.17, 15) is 4.79 Å². The Balaban J connectivity index is 1.43. The van der Waals surface area contributed by atoms with E-state index in [1.807, 2.05) is 55.7 Å². The summed E-state index contributed by atoms with van der Waals surface area (Å²) in [6, 6.07) is 14.1. The van der Waals surface area contributed by atoms with E-state index in [1.54, 1.807) is 17.7 Å². The first-order valence-electron chi connectivity index (χ1n) is 10.5. The molecule has 32 heavy (non-hydrogen) atoms. The zero-order valence-corrected chi connectivity index (χ0v) is 20.1. The van der Waals surface area contributed by atoms with Crippen LogP contribution < -0.4 is 4.74 Å². The van der Waals surface area contributed by atoms with Gasteiger partial charge in [-0.05, 0) is 69.0 Å². The highest BCUT2D eigenvalue weighted by Gasteiger charge is 2.18. The highest BCUT2D eigenvalue weighted by molar-refractivity contribution is 7.99. The third-order valence-electron chi connectivity index (χ3n) is 5.23. The number of hydrogen-bond donors (Lipinski definition) is 0. The van der Waals surface area contributed by atoms with Crippen LogP contribution in [0.3, 0.4) is 0 Å². The lowest BCUT2D eigenvalue weighted by molar-refractivity contribution is 0.102. The zero-order chi connectivity index (χ0) is 22.5. The smallest absolute Gasteiger partial charge is 0.191 e. The Morgan fingerprint density at radius 1 is 1.19 bits per heavy atom. The van der Waals surface area contributed by atoms with Gasteiger partial charge >= 0.3 is 0 Å². The number of ketones is 1. The normalized spacial score (nSPS) is 11.1. The summed E-state index contributed by atoms with van der Waals surface area (Å²) in [7, 11) is 0. The summed E-state index contributed by atoms with van der Waals surface area (Å²) in [6.07, 6.45) is 2.67. The van der Waals surface area contributed by atoms with E-state index in [0.717, 1.165) is 46.5 Å². The molecule has 0 radical (unpaired) electrons. The van der Waals surface area contributed by atoms with Crippen molar-refractivity contribution in [2.24, 2.45) is 0 Å². The molecule has 0 spiro atoms. The number of hydrogen-bond acceptors (Lipinski definition) is 6. The van der Waals surface area contributed by atoms with E-state index in [1.165, 1.54) is 16.6 Å². The van der Waals surface area contributed by atoms with E-state index in [0.29, 0.717) is 12.4 Å². The Morgan fingerprint density at radius 2 is 2.00 bits per heavy atom. The monoisotopic (exact) mass is 466 g/mol. The number of ether oxygens (including phenoxy) is 1. The molecule has 0 aliphatic carbocycles. The fourth-order valence-electron chi connectivity index (χ4n) is 3.70. The molecule has 0 aliphatic heterocycles. The minimum absolute atomic E-state index is 0.0908. The fourth-order valence-corrected chi connectivity index (χ4v) is 5.23. The summed E-state index contributed by atoms with van der Waals surface area (Å²) >= 11 is 3.19. The highest BCUT2D eigenvalue weighted by atomic mass is 32.2. The molecular formula is C24H26N4O2S2. The molecule has 6 nitrogen and oxygen atoms in total. The molecule has 4 aromatic rings. The van der Waals surface area contributed by atoms with Gasteiger partial charge in [0.05, 0.1) is 12.4 Å². The van der Waals surface area contributed by atoms with Crippen molar-refractivity contribution < 1.29 is 9.53 Å². The van der Waals surface area contributed by atoms with Crippen molar-refractivity contribution in [1.82, 2.24) is 19.3 Å². The van der Waals surface area contributed by atoms with E-state index < -0.39 is 0 Å². The van der Waals surface area contributed by atoms with Crippen molar-refractivity contribution in [3.8, 4) is 11.4 Å². The van der Waals surface area contributed by atoms with Gasteiger partial charge in [-0.25, -0.2) is 0 Å². The Kier molecular flexibility index (Phi) is 7.12. The molecule has 0 atom stereocenters. The van der Waals surface area contributed by atoms with Crippen molar-refractivity contribution in [3.63, 3.8) is 0 Å². The molecular weight excluding hydrogens is 440 g/mol. The molecule has 0 saturated heterocycles. The van der Waals surface area contributed by atoms with Crippen LogP contribution in [0.15, 0.2) is 59.3 Å². The molecule has 0 bridgehead atoms. The number of thiophene rings is 1. The number of Topliss-reactive ketones (excluding diaryl/α,β-unsaturated/α-hetero) is 1. The lowest BCUT2D eigenvalue weighted by Gasteiger charge is -2.11. The maximum absolute atomic E-state index is 13.0. The molecule has 1 aromatic carbocycles. The number of benzene rings is 1. The predicted octanol–water partition coefficient (Wildman–Crippen LogP) is 5.36. The molecule has 0 fully saturated rings. The third kappa shape index (κ3) is 4.97. The summed E-state index contributed by atoms with van der Waals surface area (Å²) in [5.41, 5.74) is 3.73. The van der Waals surface area contributed by atoms with Crippen molar-refractivity contribution in [1.29, 1.82) is 0 Å². The number of aromatic nitrogens is 4. The van der Waals surface area contributed by atoms with Crippen LogP contribution in [0.4, 0.5) is 0 Å². The number of thioether (sulfide) groups is 1. The van der Waals surface area contributed by atoms with E-state index in [-0.39, 0.29) is 5.78 Å². The molecule has 3 aromatic heterocycles. The van der Waals surface area contributed by atoms with Crippen LogP contribution >= 0.6 is 23.1 Å². The zero-order valence-electron chi connectivity index (χ0n) is 18.4. The van der Waals surface area contributed by atoms with E-state index in [2.05, 4.69) is 32.3 Å². The first-order chi connectivity index (χ1) is 15.6. The van der Waals surface area contributed by atoms with Crippen LogP contribution in [-0.4, -0.2) is 37.5 Å². The van der Waals surface area contributed by atoms with Gasteiger partial charge in [-0.15, -0.1) is 21.5 Å². The summed E-state index contributed by atoms with van der Waals surface area (Å²) in [4.78, 5) is 14.4. The van der Waals surface area contributed by atoms with Crippen LogP contribution in [0.1, 0.15) is 33.5 Å². The lowest BCUT2D eigenvalue weighted by atomic mass is 10.2. The van der Waals surface area contributed by atoms with Gasteiger partial charge in [-0.2, -0.15) is 0 Å². The first kappa shape index (κ1) is 22.4. The average molecular weight is 467 g/mol. The minimum Gasteiger partial charge on any atom is -0.494 e. The first-order valence-corrected chi connectivity index (χ1v) is 12.4. The number of carbonyl (C=O) groups excluding carboxylic acids is 1. The molecule has 166 valence electrons. The van der Waals surface area contributed by atoms with Crippen molar-refractivity contribution in [2.45, 2.75) is 38.9 Å². The van der Waals surface area contributed by atoms with Crippen LogP contribution in [0, 0.1) is 13.8 Å². The van der Waals surface area contributed by atoms with Crippen molar-refractivity contribution in [3.05, 3.63) is 76.0 Å². The van der Waals surface area contributed by atoms with E-state index >= 15 is 0 Å². The fraction of sp³-hybridized carbons (Fsp3) is 0.292. The third-order valence-corrected chi connectivity index (χ3v) is 7.15. The molecule has 0 unspecified atom stereocenters. The summed E-state index contributed by atoms with van der Waals surface area (Å²) in [6.45, 7) is 7.42. The number of nitrogens with zero attached hydrogens (tertiary/aromatic N) is 4. The second kappa shape index (κ2) is 10.2. The Labute approximate surface area is 196 Å². The van der Waals surface area contributed by atoms with Crippen LogP contribution in [-0.2, 0) is 13.0 Å². The van der Waals surface area contributed by atoms with Gasteiger partial charge in [0.15, 0.2) is 10.9 Å². The topological polar surface area (TPSA) is 61.9 Å². The van der Waals surface area contributed by atoms with Gasteiger partial charge in [0.1, 0.15) is 12.1 Å². The maximum atomic E-state index is 13.0. The summed E-state index contributed by atoms with van der Waals surface area (Å²) in [5.74, 6) is 1.26. The second-order valence-corrected chi connectivity index (χ2v) is 9.37. The van der Waals surface area contributed by atoms with Crippen LogP contribution in [0.5, 0.6) is 5.75 Å². The van der Waals surface area contributed by atoms with Gasteiger partial charge in [-0.3, -0.25) is 4.79 Å². The Hall–Kier alpha value is -2.84. The standard InChI is InChI=1S/C24H26N4O2S2/c1-4-30-20-9-7-19(8-10-20)28-17(2)14-22(18(28)3)23(29)15-32-24-26-25-16-27(24)12-11-21-6-5-13-31-21/h5-10,13-14,16H,4,11-12,15H2,1-3H3. The molecule has 0 aliphatic rings. The Morgan fingerprint density at radius 3 is 2.72 bits per heavy atom. The van der Waals surface area contributed by atoms with Crippen molar-refractivity contribution in [2.75, 3.05) is 12.4 Å². The van der Waals surface area contributed by atoms with Crippen LogP contribution in [0.2, 0.25) is 0 Å². The molecule has 0 N–H and O–H groups in total. The van der Waals surface area contributed by atoms with Gasteiger partial charge in [0, 0.05) is 34.1 Å². The summed E-state index contributed by atoms with van der Waals surface area (Å²) < 4.78 is 9.66. The van der Waals surface area contributed by atoms with Gasteiger partial charge in [0.25, 0.3) is 0 Å². The molecule has 0 amide bonds. The van der Waals surface area contributed by atoms with Gasteiger partial charge in [0.2, 0.25) is 0 Å². The van der Waals surface area contributed by atoms with Gasteiger partial charge < -0.3 is 13.9 Å². The molecule has 4 rings (SSSR count). The number of aryl methyl sites for hydroxylation is 3. The second-order valence-electron chi connectivity index (χ2n) is 7.40. The SMILES string of the molecule is CCOc1ccc(-n2c(C)cc(C(=O)CSc3nncn3CCc3cccs3)c2C)cc1. The predicted molar refractivity (Wildman–Crippen MR) is 130 cm³/mol. The van der Waals surface area contributed by atoms with Crippen molar-refractivity contribution >= 4 is 28.9 Å². The number of rotatable bonds is 10. The molecule has 3 heterocycles. The maximum Gasteiger partial charge on any atom is 0.191 e. The average Bonchev–Trinajstić information content (AvgIpc) is 3.52. The molecule has 0 saturated carbocycles. The lowest BCUT2D eigenvalue weighted by Crippen LogP contribution is -2.07. The quantitative estimate of drug-likeness (QED) is 0.232. The largest absolute Gasteiger partial charge is 0.494 e. The highest BCUT2D eigenvalue weighted by Crippen LogP contribution is 2.25. The van der Waals surface area contributed by atoms with Crippen LogP contribution in [0.25, 0.3) is 5.69 Å². The minimum atomic E-state index is 0.0908.